The van der Waals surface area contributed by atoms with Crippen LogP contribution >= 0.6 is 0 Å². The van der Waals surface area contributed by atoms with Crippen LogP contribution in [0, 0.1) is 0 Å². The Balaban J connectivity index is 2.37. The molecular weight excluding hydrogens is 224 g/mol. The van der Waals surface area contributed by atoms with Crippen molar-refractivity contribution >= 4 is 5.78 Å². The topological polar surface area (TPSA) is 37.3 Å². The lowest BCUT2D eigenvalue weighted by Gasteiger charge is -2.26. The van der Waals surface area contributed by atoms with Crippen molar-refractivity contribution in [1.82, 2.24) is 0 Å². The minimum atomic E-state index is -1.44. The average Bonchev–Trinajstić information content (AvgIpc) is 2.40. The summed E-state index contributed by atoms with van der Waals surface area (Å²) in [5.74, 6) is -0.238. The normalized spacial score (nSPS) is 13.9. The molecule has 0 aliphatic rings. The molecule has 0 aromatic heterocycles. The summed E-state index contributed by atoms with van der Waals surface area (Å²) >= 11 is 0. The first-order valence-corrected chi connectivity index (χ1v) is 5.96. The van der Waals surface area contributed by atoms with Crippen LogP contribution in [0.1, 0.15) is 18.1 Å². The van der Waals surface area contributed by atoms with E-state index in [1.165, 1.54) is 6.92 Å². The molecule has 0 saturated carbocycles. The maximum absolute atomic E-state index is 11.8. The van der Waals surface area contributed by atoms with Gasteiger partial charge in [-0.3, -0.25) is 4.79 Å². The number of ketones is 1. The molecule has 0 bridgehead atoms. The molecule has 0 aliphatic heterocycles. The molecule has 1 atom stereocenters. The van der Waals surface area contributed by atoms with Gasteiger partial charge in [-0.1, -0.05) is 60.7 Å². The van der Waals surface area contributed by atoms with Gasteiger partial charge in [0.2, 0.25) is 0 Å². The Morgan fingerprint density at radius 2 is 1.50 bits per heavy atom. The zero-order valence-electron chi connectivity index (χ0n) is 10.3. The highest BCUT2D eigenvalue weighted by molar-refractivity contribution is 5.86. The maximum Gasteiger partial charge on any atom is 0.166 e. The fourth-order valence-corrected chi connectivity index (χ4v) is 2.03. The number of carbonyl (C=O) groups excluding carboxylic acids is 1. The molecule has 1 N–H and O–H groups in total. The highest BCUT2D eigenvalue weighted by Gasteiger charge is 2.34. The highest BCUT2D eigenvalue weighted by Crippen LogP contribution is 2.26. The number of benzene rings is 2. The number of rotatable bonds is 4. The maximum atomic E-state index is 11.8. The predicted octanol–water partition coefficient (Wildman–Crippen LogP) is 2.71. The second-order valence-corrected chi connectivity index (χ2v) is 4.44. The quantitative estimate of drug-likeness (QED) is 0.892. The molecular formula is C16H16O2. The minimum absolute atomic E-state index is 0.238. The van der Waals surface area contributed by atoms with Gasteiger partial charge >= 0.3 is 0 Å². The molecule has 0 spiro atoms. The van der Waals surface area contributed by atoms with Crippen LogP contribution in [0.25, 0.3) is 0 Å². The molecule has 2 heteroatoms. The van der Waals surface area contributed by atoms with Gasteiger partial charge in [-0.2, -0.15) is 0 Å². The standard InChI is InChI=1S/C16H16O2/c1-13(17)16(18,15-10-6-3-7-11-15)12-14-8-4-2-5-9-14/h2-11,18H,12H2,1H3/t16-/m1/s1. The van der Waals surface area contributed by atoms with Gasteiger partial charge in [0.15, 0.2) is 11.4 Å². The Morgan fingerprint density at radius 1 is 1.00 bits per heavy atom. The number of hydrogen-bond donors (Lipinski definition) is 1. The first-order valence-electron chi connectivity index (χ1n) is 5.96. The van der Waals surface area contributed by atoms with E-state index in [1.54, 1.807) is 12.1 Å². The monoisotopic (exact) mass is 240 g/mol. The molecule has 0 amide bonds. The summed E-state index contributed by atoms with van der Waals surface area (Å²) in [6.07, 6.45) is 0.299. The van der Waals surface area contributed by atoms with Gasteiger partial charge in [0.05, 0.1) is 0 Å². The van der Waals surface area contributed by atoms with Gasteiger partial charge in [0.25, 0.3) is 0 Å². The van der Waals surface area contributed by atoms with Crippen LogP contribution in [0.15, 0.2) is 60.7 Å². The van der Waals surface area contributed by atoms with Gasteiger partial charge in [-0.25, -0.2) is 0 Å². The SMILES string of the molecule is CC(=O)[C@](O)(Cc1ccccc1)c1ccccc1. The van der Waals surface area contributed by atoms with Crippen LogP contribution in [0.4, 0.5) is 0 Å². The van der Waals surface area contributed by atoms with Crippen LogP contribution in [-0.2, 0) is 16.8 Å². The molecule has 0 fully saturated rings. The van der Waals surface area contributed by atoms with Crippen LogP contribution < -0.4 is 0 Å². The summed E-state index contributed by atoms with van der Waals surface area (Å²) in [5, 5.41) is 10.7. The highest BCUT2D eigenvalue weighted by atomic mass is 16.3. The van der Waals surface area contributed by atoms with E-state index in [0.29, 0.717) is 12.0 Å². The van der Waals surface area contributed by atoms with E-state index in [1.807, 2.05) is 48.5 Å². The summed E-state index contributed by atoms with van der Waals surface area (Å²) in [6.45, 7) is 1.43. The number of aliphatic hydroxyl groups is 1. The smallest absolute Gasteiger partial charge is 0.166 e. The zero-order valence-corrected chi connectivity index (χ0v) is 10.3. The summed E-state index contributed by atoms with van der Waals surface area (Å²) in [4.78, 5) is 11.8. The van der Waals surface area contributed by atoms with E-state index in [9.17, 15) is 9.90 Å². The van der Waals surface area contributed by atoms with Crippen molar-refractivity contribution in [2.75, 3.05) is 0 Å². The lowest BCUT2D eigenvalue weighted by molar-refractivity contribution is -0.136. The zero-order chi connectivity index (χ0) is 13.0. The number of Topliss-reactive ketones (excluding diaryl/α,β-unsaturated/α-hetero) is 1. The molecule has 2 aromatic rings. The van der Waals surface area contributed by atoms with Crippen molar-refractivity contribution in [2.24, 2.45) is 0 Å². The van der Waals surface area contributed by atoms with Crippen molar-refractivity contribution in [2.45, 2.75) is 18.9 Å². The number of carbonyl (C=O) groups is 1. The van der Waals surface area contributed by atoms with Crippen LogP contribution in [0.3, 0.4) is 0 Å². The van der Waals surface area contributed by atoms with E-state index < -0.39 is 5.60 Å². The van der Waals surface area contributed by atoms with Crippen molar-refractivity contribution < 1.29 is 9.90 Å². The van der Waals surface area contributed by atoms with Crippen LogP contribution in [0.2, 0.25) is 0 Å². The third kappa shape index (κ3) is 2.49. The fourth-order valence-electron chi connectivity index (χ4n) is 2.03. The van der Waals surface area contributed by atoms with Crippen LogP contribution in [-0.4, -0.2) is 10.9 Å². The molecule has 2 nitrogen and oxygen atoms in total. The van der Waals surface area contributed by atoms with E-state index in [4.69, 9.17) is 0 Å². The first kappa shape index (κ1) is 12.5. The Labute approximate surface area is 107 Å². The van der Waals surface area contributed by atoms with E-state index >= 15 is 0 Å². The summed E-state index contributed by atoms with van der Waals surface area (Å²) in [5.41, 5.74) is 0.142. The molecule has 2 rings (SSSR count). The largest absolute Gasteiger partial charge is 0.377 e. The van der Waals surface area contributed by atoms with E-state index in [-0.39, 0.29) is 5.78 Å². The molecule has 92 valence electrons. The molecule has 18 heavy (non-hydrogen) atoms. The second kappa shape index (κ2) is 5.15. The molecule has 0 saturated heterocycles. The van der Waals surface area contributed by atoms with Crippen molar-refractivity contribution in [1.29, 1.82) is 0 Å². The molecule has 0 heterocycles. The summed E-state index contributed by atoms with van der Waals surface area (Å²) in [7, 11) is 0. The Bertz CT molecular complexity index is 519. The molecule has 0 radical (unpaired) electrons. The van der Waals surface area contributed by atoms with Crippen molar-refractivity contribution in [3.63, 3.8) is 0 Å². The van der Waals surface area contributed by atoms with Gasteiger partial charge in [-0.15, -0.1) is 0 Å². The third-order valence-electron chi connectivity index (χ3n) is 3.14. The van der Waals surface area contributed by atoms with Gasteiger partial charge in [-0.05, 0) is 18.1 Å². The van der Waals surface area contributed by atoms with Crippen molar-refractivity contribution in [3.8, 4) is 0 Å². The predicted molar refractivity (Wildman–Crippen MR) is 71.2 cm³/mol. The second-order valence-electron chi connectivity index (χ2n) is 4.44. The third-order valence-corrected chi connectivity index (χ3v) is 3.14. The minimum Gasteiger partial charge on any atom is -0.377 e. The average molecular weight is 240 g/mol. The van der Waals surface area contributed by atoms with Gasteiger partial charge in [0, 0.05) is 6.42 Å². The lowest BCUT2D eigenvalue weighted by Crippen LogP contribution is -2.36. The molecule has 0 aliphatic carbocycles. The van der Waals surface area contributed by atoms with Gasteiger partial charge < -0.3 is 5.11 Å². The fraction of sp³-hybridized carbons (Fsp3) is 0.188. The Kier molecular flexibility index (Phi) is 3.58. The van der Waals surface area contributed by atoms with E-state index in [0.717, 1.165) is 5.56 Å². The first-order chi connectivity index (χ1) is 8.63. The van der Waals surface area contributed by atoms with Crippen molar-refractivity contribution in [3.05, 3.63) is 71.8 Å². The Morgan fingerprint density at radius 3 is 2.00 bits per heavy atom. The lowest BCUT2D eigenvalue weighted by atomic mass is 9.84. The molecule has 2 aromatic carbocycles. The Hall–Kier alpha value is -1.93. The summed E-state index contributed by atoms with van der Waals surface area (Å²) < 4.78 is 0. The number of hydrogen-bond acceptors (Lipinski definition) is 2. The van der Waals surface area contributed by atoms with E-state index in [2.05, 4.69) is 0 Å². The van der Waals surface area contributed by atoms with Crippen LogP contribution in [0.5, 0.6) is 0 Å². The molecule has 0 unspecified atom stereocenters. The summed E-state index contributed by atoms with van der Waals surface area (Å²) in [6, 6.07) is 18.6. The van der Waals surface area contributed by atoms with Gasteiger partial charge in [0.1, 0.15) is 0 Å².